The van der Waals surface area contributed by atoms with E-state index in [1.807, 2.05) is 6.07 Å². The number of para-hydroxylation sites is 1. The molecule has 11 heteroatoms. The number of ether oxygens (including phenoxy) is 2. The van der Waals surface area contributed by atoms with Gasteiger partial charge in [0.2, 0.25) is 11.8 Å². The topological polar surface area (TPSA) is 154 Å². The lowest BCUT2D eigenvalue weighted by molar-refractivity contribution is -0.159. The van der Waals surface area contributed by atoms with Crippen LogP contribution >= 0.6 is 0 Å². The molecule has 0 saturated carbocycles. The third-order valence-electron chi connectivity index (χ3n) is 5.68. The molecule has 2 aromatic carbocycles. The lowest BCUT2D eigenvalue weighted by atomic mass is 10.0. The van der Waals surface area contributed by atoms with Crippen molar-refractivity contribution in [2.45, 2.75) is 77.3 Å². The first-order chi connectivity index (χ1) is 19.0. The molecule has 3 atom stereocenters. The van der Waals surface area contributed by atoms with E-state index in [2.05, 4.69) is 10.6 Å². The number of hydrogen-bond acceptors (Lipinski definition) is 8. The number of benzene rings is 2. The van der Waals surface area contributed by atoms with E-state index in [4.69, 9.17) is 9.47 Å². The molecule has 0 radical (unpaired) electrons. The minimum absolute atomic E-state index is 0.0671. The number of phenolic OH excluding ortho intramolecular Hbond substituents is 1. The third kappa shape index (κ3) is 10.4. The Balaban J connectivity index is 2.42. The van der Waals surface area contributed by atoms with Gasteiger partial charge in [0.05, 0.1) is 6.61 Å². The zero-order valence-corrected chi connectivity index (χ0v) is 24.6. The summed E-state index contributed by atoms with van der Waals surface area (Å²) < 4.78 is 10.7. The smallest absolute Gasteiger partial charge is 0.408 e. The number of hydrogen-bond donors (Lipinski definition) is 4. The van der Waals surface area contributed by atoms with Crippen LogP contribution < -0.4 is 10.6 Å². The second kappa shape index (κ2) is 14.0. The fourth-order valence-electron chi connectivity index (χ4n) is 3.92. The van der Waals surface area contributed by atoms with E-state index < -0.39 is 59.8 Å². The predicted molar refractivity (Wildman–Crippen MR) is 152 cm³/mol. The minimum atomic E-state index is -1.46. The number of aromatic hydroxyl groups is 1. The number of carbonyl (C=O) groups is 4. The van der Waals surface area contributed by atoms with Gasteiger partial charge in [-0.15, -0.1) is 0 Å². The van der Waals surface area contributed by atoms with E-state index in [0.717, 1.165) is 10.5 Å². The number of aliphatic hydroxyl groups is 1. The first-order valence-electron chi connectivity index (χ1n) is 13.2. The summed E-state index contributed by atoms with van der Waals surface area (Å²) in [6.45, 7) is 9.26. The molecule has 41 heavy (non-hydrogen) atoms. The van der Waals surface area contributed by atoms with Crippen molar-refractivity contribution in [3.8, 4) is 5.75 Å². The lowest BCUT2D eigenvalue weighted by Gasteiger charge is -2.32. The zero-order valence-electron chi connectivity index (χ0n) is 24.6. The summed E-state index contributed by atoms with van der Waals surface area (Å²) in [5.41, 5.74) is -0.860. The summed E-state index contributed by atoms with van der Waals surface area (Å²) in [6, 6.07) is 10.9. The van der Waals surface area contributed by atoms with Gasteiger partial charge in [-0.05, 0) is 53.2 Å². The first kappa shape index (κ1) is 33.1. The maximum atomic E-state index is 13.8. The third-order valence-corrected chi connectivity index (χ3v) is 5.68. The van der Waals surface area contributed by atoms with Gasteiger partial charge in [-0.1, -0.05) is 48.5 Å². The summed E-state index contributed by atoms with van der Waals surface area (Å²) in [5.74, 6) is -2.58. The van der Waals surface area contributed by atoms with Crippen LogP contribution in [0.2, 0.25) is 0 Å². The monoisotopic (exact) mass is 571 g/mol. The Hall–Kier alpha value is -4.12. The molecule has 3 amide bonds. The molecular formula is C30H41N3O8. The maximum absolute atomic E-state index is 13.8. The number of likely N-dealkylation sites (N-methyl/N-ethyl adjacent to an activating group) is 1. The number of amides is 3. The van der Waals surface area contributed by atoms with Crippen molar-refractivity contribution in [2.24, 2.45) is 0 Å². The Bertz CT molecular complexity index is 1200. The van der Waals surface area contributed by atoms with Crippen molar-refractivity contribution in [3.63, 3.8) is 0 Å². The Morgan fingerprint density at radius 3 is 1.93 bits per heavy atom. The molecule has 3 unspecified atom stereocenters. The van der Waals surface area contributed by atoms with Gasteiger partial charge in [0.25, 0.3) is 0 Å². The van der Waals surface area contributed by atoms with E-state index in [0.29, 0.717) is 0 Å². The van der Waals surface area contributed by atoms with Crippen molar-refractivity contribution >= 4 is 23.9 Å². The number of rotatable bonds is 10. The minimum Gasteiger partial charge on any atom is -0.508 e. The quantitative estimate of drug-likeness (QED) is 0.318. The molecule has 2 rings (SSSR count). The van der Waals surface area contributed by atoms with Crippen molar-refractivity contribution in [3.05, 3.63) is 65.7 Å². The Morgan fingerprint density at radius 2 is 1.39 bits per heavy atom. The van der Waals surface area contributed by atoms with Crippen LogP contribution in [0.4, 0.5) is 4.79 Å². The van der Waals surface area contributed by atoms with Crippen LogP contribution in [0.3, 0.4) is 0 Å². The standard InChI is InChI=1S/C30H41N3O8/c1-29(2,3)40-27(38)21(17-19-13-9-8-10-14-19)31-25(36)24(20-15-11-12-16-23(20)35)33(7)26(37)22(18-34)32-28(39)41-30(4,5)6/h8-16,21-22,24,34-35H,17-18H2,1-7H3,(H,31,36)(H,32,39). The Labute approximate surface area is 240 Å². The van der Waals surface area contributed by atoms with Crippen LogP contribution in [-0.4, -0.2) is 75.9 Å². The summed E-state index contributed by atoms with van der Waals surface area (Å²) >= 11 is 0. The molecule has 11 nitrogen and oxygen atoms in total. The van der Waals surface area contributed by atoms with E-state index in [1.54, 1.807) is 77.9 Å². The molecule has 0 aromatic heterocycles. The number of alkyl carbamates (subject to hydrolysis) is 1. The molecule has 0 aliphatic carbocycles. The van der Waals surface area contributed by atoms with Gasteiger partial charge in [0, 0.05) is 19.0 Å². The Morgan fingerprint density at radius 1 is 0.829 bits per heavy atom. The molecule has 0 bridgehead atoms. The average Bonchev–Trinajstić information content (AvgIpc) is 2.86. The number of nitrogens with zero attached hydrogens (tertiary/aromatic N) is 1. The highest BCUT2D eigenvalue weighted by Gasteiger charge is 2.37. The highest BCUT2D eigenvalue weighted by atomic mass is 16.6. The normalized spacial score (nSPS) is 13.8. The molecule has 2 aromatic rings. The van der Waals surface area contributed by atoms with Crippen LogP contribution in [0.25, 0.3) is 0 Å². The number of nitrogens with one attached hydrogen (secondary N) is 2. The van der Waals surface area contributed by atoms with Gasteiger partial charge >= 0.3 is 12.1 Å². The molecule has 0 aliphatic rings. The number of aliphatic hydroxyl groups excluding tert-OH is 1. The van der Waals surface area contributed by atoms with Gasteiger partial charge < -0.3 is 35.2 Å². The van der Waals surface area contributed by atoms with E-state index >= 15 is 0 Å². The van der Waals surface area contributed by atoms with Crippen molar-refractivity contribution in [1.82, 2.24) is 15.5 Å². The van der Waals surface area contributed by atoms with Gasteiger partial charge in [0.15, 0.2) is 0 Å². The largest absolute Gasteiger partial charge is 0.508 e. The van der Waals surface area contributed by atoms with Gasteiger partial charge in [0.1, 0.15) is 35.1 Å². The highest BCUT2D eigenvalue weighted by molar-refractivity contribution is 5.94. The van der Waals surface area contributed by atoms with E-state index in [9.17, 15) is 29.4 Å². The van der Waals surface area contributed by atoms with Crippen LogP contribution in [0.1, 0.15) is 58.7 Å². The Kier molecular flexibility index (Phi) is 11.3. The fourth-order valence-corrected chi connectivity index (χ4v) is 3.92. The van der Waals surface area contributed by atoms with Crippen LogP contribution in [0.15, 0.2) is 54.6 Å². The van der Waals surface area contributed by atoms with Crippen LogP contribution in [-0.2, 0) is 30.3 Å². The van der Waals surface area contributed by atoms with Crippen molar-refractivity contribution in [2.75, 3.05) is 13.7 Å². The molecule has 4 N–H and O–H groups in total. The average molecular weight is 572 g/mol. The lowest BCUT2D eigenvalue weighted by Crippen LogP contribution is -2.54. The number of esters is 1. The van der Waals surface area contributed by atoms with Crippen LogP contribution in [0.5, 0.6) is 5.75 Å². The molecule has 0 spiro atoms. The maximum Gasteiger partial charge on any atom is 0.408 e. The molecule has 224 valence electrons. The highest BCUT2D eigenvalue weighted by Crippen LogP contribution is 2.29. The molecular weight excluding hydrogens is 530 g/mol. The number of carbonyl (C=O) groups excluding carboxylic acids is 4. The number of phenols is 1. The zero-order chi connectivity index (χ0) is 31.0. The predicted octanol–water partition coefficient (Wildman–Crippen LogP) is 2.85. The van der Waals surface area contributed by atoms with Crippen molar-refractivity contribution in [1.29, 1.82) is 0 Å². The van der Waals surface area contributed by atoms with Gasteiger partial charge in [-0.3, -0.25) is 9.59 Å². The molecule has 0 heterocycles. The summed E-state index contributed by atoms with van der Waals surface area (Å²) in [6.07, 6.45) is -0.832. The molecule has 0 aliphatic heterocycles. The first-order valence-corrected chi connectivity index (χ1v) is 13.2. The molecule has 0 saturated heterocycles. The van der Waals surface area contributed by atoms with Crippen LogP contribution in [0, 0.1) is 0 Å². The summed E-state index contributed by atoms with van der Waals surface area (Å²) in [4.78, 5) is 53.7. The van der Waals surface area contributed by atoms with Gasteiger partial charge in [-0.25, -0.2) is 9.59 Å². The van der Waals surface area contributed by atoms with Crippen molar-refractivity contribution < 1.29 is 38.9 Å². The van der Waals surface area contributed by atoms with E-state index in [1.165, 1.54) is 19.2 Å². The SMILES string of the molecule is CN(C(=O)C(CO)NC(=O)OC(C)(C)C)C(C(=O)NC(Cc1ccccc1)C(=O)OC(C)(C)C)c1ccccc1O. The van der Waals surface area contributed by atoms with Gasteiger partial charge in [-0.2, -0.15) is 0 Å². The fraction of sp³-hybridized carbons (Fsp3) is 0.467. The molecule has 0 fully saturated rings. The van der Waals surface area contributed by atoms with E-state index in [-0.39, 0.29) is 17.7 Å². The summed E-state index contributed by atoms with van der Waals surface area (Å²) in [5, 5.41) is 25.5. The summed E-state index contributed by atoms with van der Waals surface area (Å²) in [7, 11) is 1.29. The second-order valence-corrected chi connectivity index (χ2v) is 11.6. The second-order valence-electron chi connectivity index (χ2n) is 11.6.